The van der Waals surface area contributed by atoms with Crippen LogP contribution >= 0.6 is 0 Å². The maximum atomic E-state index is 10.5. The van der Waals surface area contributed by atoms with Crippen molar-refractivity contribution in [1.82, 2.24) is 5.48 Å². The first-order chi connectivity index (χ1) is 6.33. The van der Waals surface area contributed by atoms with Gasteiger partial charge in [0, 0.05) is 0 Å². The van der Waals surface area contributed by atoms with E-state index >= 15 is 0 Å². The zero-order valence-electron chi connectivity index (χ0n) is 7.06. The van der Waals surface area contributed by atoms with Gasteiger partial charge in [-0.2, -0.15) is 0 Å². The first-order valence-electron chi connectivity index (χ1n) is 3.87. The Balaban J connectivity index is 2.24. The second-order valence-corrected chi connectivity index (χ2v) is 2.51. The SMILES string of the molecule is O=C(COCc1ccccc1)NO. The van der Waals surface area contributed by atoms with Crippen molar-refractivity contribution in [1.29, 1.82) is 0 Å². The maximum absolute atomic E-state index is 10.5. The Morgan fingerprint density at radius 2 is 2.08 bits per heavy atom. The molecule has 0 spiro atoms. The van der Waals surface area contributed by atoms with Crippen molar-refractivity contribution in [3.8, 4) is 0 Å². The minimum absolute atomic E-state index is 0.134. The summed E-state index contributed by atoms with van der Waals surface area (Å²) in [6.45, 7) is 0.236. The summed E-state index contributed by atoms with van der Waals surface area (Å²) >= 11 is 0. The number of nitrogens with one attached hydrogen (secondary N) is 1. The van der Waals surface area contributed by atoms with Crippen molar-refractivity contribution < 1.29 is 14.7 Å². The molecule has 0 bridgehead atoms. The van der Waals surface area contributed by atoms with Crippen LogP contribution < -0.4 is 5.48 Å². The van der Waals surface area contributed by atoms with Gasteiger partial charge >= 0.3 is 0 Å². The van der Waals surface area contributed by atoms with Crippen LogP contribution in [0, 0.1) is 0 Å². The van der Waals surface area contributed by atoms with Gasteiger partial charge in [0.2, 0.25) is 0 Å². The number of amides is 1. The zero-order valence-corrected chi connectivity index (χ0v) is 7.06. The Bertz CT molecular complexity index is 261. The molecule has 0 unspecified atom stereocenters. The Labute approximate surface area is 76.1 Å². The minimum Gasteiger partial charge on any atom is -0.367 e. The molecule has 0 radical (unpaired) electrons. The molecule has 2 N–H and O–H groups in total. The molecule has 0 aliphatic heterocycles. The molecular weight excluding hydrogens is 170 g/mol. The van der Waals surface area contributed by atoms with Crippen LogP contribution in [0.5, 0.6) is 0 Å². The highest BCUT2D eigenvalue weighted by atomic mass is 16.5. The van der Waals surface area contributed by atoms with Crippen LogP contribution in [0.15, 0.2) is 30.3 Å². The predicted molar refractivity (Wildman–Crippen MR) is 46.0 cm³/mol. The largest absolute Gasteiger partial charge is 0.367 e. The van der Waals surface area contributed by atoms with Gasteiger partial charge in [-0.25, -0.2) is 5.48 Å². The number of rotatable bonds is 4. The van der Waals surface area contributed by atoms with Gasteiger partial charge in [-0.3, -0.25) is 10.0 Å². The van der Waals surface area contributed by atoms with E-state index in [2.05, 4.69) is 0 Å². The molecule has 70 valence electrons. The van der Waals surface area contributed by atoms with Gasteiger partial charge in [0.05, 0.1) is 6.61 Å². The van der Waals surface area contributed by atoms with Gasteiger partial charge in [0.1, 0.15) is 6.61 Å². The summed E-state index contributed by atoms with van der Waals surface area (Å²) in [5, 5.41) is 8.15. The Kier molecular flexibility index (Phi) is 3.95. The molecule has 4 heteroatoms. The van der Waals surface area contributed by atoms with E-state index < -0.39 is 5.91 Å². The van der Waals surface area contributed by atoms with Crippen LogP contribution in [0.4, 0.5) is 0 Å². The Hall–Kier alpha value is -1.39. The third-order valence-corrected chi connectivity index (χ3v) is 1.47. The number of carbonyl (C=O) groups excluding carboxylic acids is 1. The molecule has 0 aromatic heterocycles. The van der Waals surface area contributed by atoms with Gasteiger partial charge in [-0.05, 0) is 5.56 Å². The highest BCUT2D eigenvalue weighted by Crippen LogP contribution is 1.99. The van der Waals surface area contributed by atoms with Crippen molar-refractivity contribution in [2.24, 2.45) is 0 Å². The molecule has 0 aliphatic carbocycles. The summed E-state index contributed by atoms with van der Waals surface area (Å²) in [4.78, 5) is 10.5. The summed E-state index contributed by atoms with van der Waals surface area (Å²) in [7, 11) is 0. The fourth-order valence-corrected chi connectivity index (χ4v) is 0.868. The van der Waals surface area contributed by atoms with Crippen molar-refractivity contribution in [2.45, 2.75) is 6.61 Å². The lowest BCUT2D eigenvalue weighted by Gasteiger charge is -2.01. The summed E-state index contributed by atoms with van der Waals surface area (Å²) in [6, 6.07) is 9.49. The molecule has 1 aromatic rings. The minimum atomic E-state index is -0.545. The number of benzene rings is 1. The molecule has 0 aliphatic rings. The van der Waals surface area contributed by atoms with Crippen LogP contribution in [0.1, 0.15) is 5.56 Å². The second-order valence-electron chi connectivity index (χ2n) is 2.51. The molecule has 1 aromatic carbocycles. The third-order valence-electron chi connectivity index (χ3n) is 1.47. The van der Waals surface area contributed by atoms with Crippen molar-refractivity contribution in [3.63, 3.8) is 0 Å². The van der Waals surface area contributed by atoms with E-state index in [1.54, 1.807) is 0 Å². The third kappa shape index (κ3) is 3.68. The number of ether oxygens (including phenoxy) is 1. The van der Waals surface area contributed by atoms with Gasteiger partial charge in [-0.1, -0.05) is 30.3 Å². The summed E-state index contributed by atoms with van der Waals surface area (Å²) in [6.07, 6.45) is 0. The van der Waals surface area contributed by atoms with Gasteiger partial charge < -0.3 is 4.74 Å². The monoisotopic (exact) mass is 181 g/mol. The number of hydrogen-bond donors (Lipinski definition) is 2. The summed E-state index contributed by atoms with van der Waals surface area (Å²) in [5.74, 6) is -0.545. The lowest BCUT2D eigenvalue weighted by molar-refractivity contribution is -0.134. The molecule has 0 saturated carbocycles. The first-order valence-corrected chi connectivity index (χ1v) is 3.87. The molecule has 0 heterocycles. The maximum Gasteiger partial charge on any atom is 0.269 e. The molecule has 0 atom stereocenters. The smallest absolute Gasteiger partial charge is 0.269 e. The van der Waals surface area contributed by atoms with E-state index in [1.165, 1.54) is 5.48 Å². The molecule has 0 saturated heterocycles. The van der Waals surface area contributed by atoms with Crippen LogP contribution in [0.3, 0.4) is 0 Å². The first kappa shape index (κ1) is 9.70. The molecule has 1 amide bonds. The lowest BCUT2D eigenvalue weighted by Crippen LogP contribution is -2.23. The Morgan fingerprint density at radius 1 is 1.38 bits per heavy atom. The standard InChI is InChI=1S/C9H11NO3/c11-9(10-12)7-13-6-8-4-2-1-3-5-8/h1-5,12H,6-7H2,(H,10,11). The van der Waals surface area contributed by atoms with Gasteiger partial charge in [0.25, 0.3) is 5.91 Å². The van der Waals surface area contributed by atoms with Gasteiger partial charge in [-0.15, -0.1) is 0 Å². The highest BCUT2D eigenvalue weighted by Gasteiger charge is 1.98. The zero-order chi connectivity index (χ0) is 9.52. The van der Waals surface area contributed by atoms with Crippen LogP contribution in [-0.2, 0) is 16.1 Å². The average molecular weight is 181 g/mol. The van der Waals surface area contributed by atoms with E-state index in [9.17, 15) is 4.79 Å². The van der Waals surface area contributed by atoms with E-state index in [0.717, 1.165) is 5.56 Å². The van der Waals surface area contributed by atoms with Crippen molar-refractivity contribution >= 4 is 5.91 Å². The van der Waals surface area contributed by atoms with Crippen molar-refractivity contribution in [3.05, 3.63) is 35.9 Å². The van der Waals surface area contributed by atoms with Crippen LogP contribution in [0.25, 0.3) is 0 Å². The van der Waals surface area contributed by atoms with E-state index in [1.807, 2.05) is 30.3 Å². The number of hydroxylamine groups is 1. The quantitative estimate of drug-likeness (QED) is 0.531. The lowest BCUT2D eigenvalue weighted by atomic mass is 10.2. The number of hydrogen-bond acceptors (Lipinski definition) is 3. The van der Waals surface area contributed by atoms with Crippen LogP contribution in [0.2, 0.25) is 0 Å². The van der Waals surface area contributed by atoms with E-state index in [-0.39, 0.29) is 6.61 Å². The highest BCUT2D eigenvalue weighted by molar-refractivity contribution is 5.75. The topological polar surface area (TPSA) is 58.6 Å². The molecule has 1 rings (SSSR count). The summed E-state index contributed by atoms with van der Waals surface area (Å²) < 4.78 is 5.00. The summed E-state index contributed by atoms with van der Waals surface area (Å²) in [5.41, 5.74) is 2.48. The van der Waals surface area contributed by atoms with Crippen LogP contribution in [-0.4, -0.2) is 17.7 Å². The fourth-order valence-electron chi connectivity index (χ4n) is 0.868. The second kappa shape index (κ2) is 5.29. The van der Waals surface area contributed by atoms with Crippen molar-refractivity contribution in [2.75, 3.05) is 6.61 Å². The van der Waals surface area contributed by atoms with Gasteiger partial charge in [0.15, 0.2) is 0 Å². The van der Waals surface area contributed by atoms with E-state index in [0.29, 0.717) is 6.61 Å². The molecule has 4 nitrogen and oxygen atoms in total. The predicted octanol–water partition coefficient (Wildman–Crippen LogP) is 0.709. The molecular formula is C9H11NO3. The molecule has 0 fully saturated rings. The normalized spacial score (nSPS) is 9.62. The molecule has 13 heavy (non-hydrogen) atoms. The fraction of sp³-hybridized carbons (Fsp3) is 0.222. The average Bonchev–Trinajstić information content (AvgIpc) is 2.19. The number of carbonyl (C=O) groups is 1. The Morgan fingerprint density at radius 3 is 2.69 bits per heavy atom. The van der Waals surface area contributed by atoms with E-state index in [4.69, 9.17) is 9.94 Å².